The van der Waals surface area contributed by atoms with Gasteiger partial charge in [-0.25, -0.2) is 9.97 Å². The lowest BCUT2D eigenvalue weighted by molar-refractivity contribution is -0.123. The number of nitrogens with two attached hydrogens (primary N) is 2. The van der Waals surface area contributed by atoms with Gasteiger partial charge < -0.3 is 36.1 Å². The van der Waals surface area contributed by atoms with Crippen LogP contribution in [0.3, 0.4) is 0 Å². The molecule has 0 bridgehead atoms. The Morgan fingerprint density at radius 1 is 1.42 bits per heavy atom. The molecule has 0 aliphatic carbocycles. The zero-order valence-electron chi connectivity index (χ0n) is 12.5. The van der Waals surface area contributed by atoms with Gasteiger partial charge in [-0.05, 0) is 0 Å². The van der Waals surface area contributed by atoms with Crippen LogP contribution in [-0.2, 0) is 4.74 Å². The van der Waals surface area contributed by atoms with Crippen LogP contribution in [0.5, 0.6) is 0 Å². The van der Waals surface area contributed by atoms with E-state index in [0.29, 0.717) is 0 Å². The first kappa shape index (κ1) is 17.6. The van der Waals surface area contributed by atoms with Gasteiger partial charge in [0.05, 0.1) is 24.2 Å². The number of ether oxygens (including phenoxy) is 1. The minimum Gasteiger partial charge on any atom is -0.394 e. The zero-order valence-corrected chi connectivity index (χ0v) is 12.5. The molecule has 2 aromatic rings. The third-order valence-corrected chi connectivity index (χ3v) is 3.41. The van der Waals surface area contributed by atoms with E-state index in [2.05, 4.69) is 9.97 Å². The van der Waals surface area contributed by atoms with Crippen molar-refractivity contribution in [3.8, 4) is 12.3 Å². The smallest absolute Gasteiger partial charge is 0.251 e. The van der Waals surface area contributed by atoms with E-state index in [1.165, 1.54) is 17.1 Å². The van der Waals surface area contributed by atoms with Crippen LogP contribution >= 0.6 is 0 Å². The molecule has 10 nitrogen and oxygen atoms in total. The Morgan fingerprint density at radius 3 is 2.67 bits per heavy atom. The van der Waals surface area contributed by atoms with Crippen LogP contribution in [-0.4, -0.2) is 61.2 Å². The molecule has 24 heavy (non-hydrogen) atoms. The fourth-order valence-corrected chi connectivity index (χ4v) is 2.24. The van der Waals surface area contributed by atoms with Crippen LogP contribution in [0.25, 0.3) is 11.0 Å². The van der Waals surface area contributed by atoms with Gasteiger partial charge in [0, 0.05) is 6.20 Å². The van der Waals surface area contributed by atoms with Crippen molar-refractivity contribution in [1.29, 1.82) is 0 Å². The van der Waals surface area contributed by atoms with Crippen LogP contribution in [0, 0.1) is 12.3 Å². The van der Waals surface area contributed by atoms with Crippen molar-refractivity contribution in [2.45, 2.75) is 18.4 Å². The molecule has 0 saturated carbocycles. The molecule has 0 aliphatic rings. The SMILES string of the molecule is C#C[C@H](O)[C@@H](CO)O[C@H](CO)n1cc(C(N)=O)c2c(N)ncnc21. The van der Waals surface area contributed by atoms with Gasteiger partial charge >= 0.3 is 0 Å². The number of terminal acetylenes is 1. The zero-order chi connectivity index (χ0) is 17.9. The summed E-state index contributed by atoms with van der Waals surface area (Å²) in [5.41, 5.74) is 11.3. The minimum atomic E-state index is -1.39. The average molecular weight is 335 g/mol. The molecule has 0 saturated heterocycles. The third-order valence-electron chi connectivity index (χ3n) is 3.41. The van der Waals surface area contributed by atoms with Crippen LogP contribution in [0.4, 0.5) is 5.82 Å². The Morgan fingerprint density at radius 2 is 2.12 bits per heavy atom. The second kappa shape index (κ2) is 7.24. The highest BCUT2D eigenvalue weighted by Crippen LogP contribution is 2.27. The molecule has 1 amide bonds. The van der Waals surface area contributed by atoms with Crippen LogP contribution in [0.1, 0.15) is 16.6 Å². The van der Waals surface area contributed by atoms with Crippen LogP contribution in [0.15, 0.2) is 12.5 Å². The monoisotopic (exact) mass is 335 g/mol. The number of hydrogen-bond donors (Lipinski definition) is 5. The van der Waals surface area contributed by atoms with Crippen molar-refractivity contribution in [2.24, 2.45) is 5.73 Å². The summed E-state index contributed by atoms with van der Waals surface area (Å²) in [4.78, 5) is 19.4. The Balaban J connectivity index is 2.51. The third kappa shape index (κ3) is 3.15. The van der Waals surface area contributed by atoms with E-state index in [9.17, 15) is 20.1 Å². The number of aliphatic hydroxyl groups excluding tert-OH is 3. The number of amides is 1. The van der Waals surface area contributed by atoms with Crippen LogP contribution < -0.4 is 11.5 Å². The molecule has 2 aromatic heterocycles. The number of carbonyl (C=O) groups excluding carboxylic acids is 1. The molecule has 0 unspecified atom stereocenters. The maximum absolute atomic E-state index is 11.6. The minimum absolute atomic E-state index is 0.0339. The van der Waals surface area contributed by atoms with Crippen LogP contribution in [0.2, 0.25) is 0 Å². The summed E-state index contributed by atoms with van der Waals surface area (Å²) >= 11 is 0. The summed E-state index contributed by atoms with van der Waals surface area (Å²) in [5.74, 6) is 1.30. The van der Waals surface area contributed by atoms with E-state index in [1.807, 2.05) is 5.92 Å². The van der Waals surface area contributed by atoms with E-state index in [1.54, 1.807) is 0 Å². The summed E-state index contributed by atoms with van der Waals surface area (Å²) in [6.07, 6.45) is 3.93. The lowest BCUT2D eigenvalue weighted by Crippen LogP contribution is -2.35. The summed E-state index contributed by atoms with van der Waals surface area (Å²) in [5, 5.41) is 28.7. The van der Waals surface area contributed by atoms with Crippen molar-refractivity contribution in [2.75, 3.05) is 18.9 Å². The van der Waals surface area contributed by atoms with E-state index < -0.39 is 37.6 Å². The highest BCUT2D eigenvalue weighted by molar-refractivity contribution is 6.08. The van der Waals surface area contributed by atoms with Gasteiger partial charge in [0.15, 0.2) is 6.23 Å². The number of carbonyl (C=O) groups is 1. The van der Waals surface area contributed by atoms with Crippen molar-refractivity contribution >= 4 is 22.8 Å². The van der Waals surface area contributed by atoms with Crippen molar-refractivity contribution in [3.63, 3.8) is 0 Å². The summed E-state index contributed by atoms with van der Waals surface area (Å²) in [7, 11) is 0. The summed E-state index contributed by atoms with van der Waals surface area (Å²) in [6.45, 7) is -1.14. The second-order valence-corrected chi connectivity index (χ2v) is 4.88. The number of primary amides is 1. The van der Waals surface area contributed by atoms with Gasteiger partial charge in [0.25, 0.3) is 5.91 Å². The van der Waals surface area contributed by atoms with Gasteiger partial charge in [-0.1, -0.05) is 5.92 Å². The molecule has 0 aromatic carbocycles. The molecule has 7 N–H and O–H groups in total. The number of hydrogen-bond acceptors (Lipinski definition) is 8. The van der Waals surface area contributed by atoms with Gasteiger partial charge in [0.2, 0.25) is 0 Å². The van der Waals surface area contributed by atoms with Crippen molar-refractivity contribution in [3.05, 3.63) is 18.1 Å². The Hall–Kier alpha value is -2.71. The maximum Gasteiger partial charge on any atom is 0.251 e. The number of nitrogens with zero attached hydrogens (tertiary/aromatic N) is 3. The Labute approximate surface area is 136 Å². The Kier molecular flexibility index (Phi) is 5.32. The number of aromatic nitrogens is 3. The average Bonchev–Trinajstić information content (AvgIpc) is 2.96. The number of anilines is 1. The van der Waals surface area contributed by atoms with E-state index >= 15 is 0 Å². The summed E-state index contributed by atoms with van der Waals surface area (Å²) < 4.78 is 6.75. The first-order valence-electron chi connectivity index (χ1n) is 6.86. The fourth-order valence-electron chi connectivity index (χ4n) is 2.24. The molecule has 0 aliphatic heterocycles. The van der Waals surface area contributed by atoms with E-state index in [0.717, 1.165) is 0 Å². The highest BCUT2D eigenvalue weighted by Gasteiger charge is 2.26. The number of nitrogen functional groups attached to an aromatic ring is 1. The molecule has 2 heterocycles. The molecular weight excluding hydrogens is 318 g/mol. The Bertz CT molecular complexity index is 784. The predicted molar refractivity (Wildman–Crippen MR) is 83.4 cm³/mol. The molecule has 2 rings (SSSR count). The lowest BCUT2D eigenvalue weighted by Gasteiger charge is -2.25. The van der Waals surface area contributed by atoms with Crippen molar-refractivity contribution < 1.29 is 24.9 Å². The molecule has 0 fully saturated rings. The van der Waals surface area contributed by atoms with E-state index in [-0.39, 0.29) is 22.4 Å². The highest BCUT2D eigenvalue weighted by atomic mass is 16.5. The molecule has 10 heteroatoms. The molecule has 3 atom stereocenters. The number of rotatable bonds is 7. The number of aliphatic hydroxyl groups is 3. The van der Waals surface area contributed by atoms with Gasteiger partial charge in [-0.15, -0.1) is 6.42 Å². The molecule has 0 spiro atoms. The quantitative estimate of drug-likeness (QED) is 0.361. The first-order chi connectivity index (χ1) is 11.4. The normalized spacial score (nSPS) is 14.9. The summed E-state index contributed by atoms with van der Waals surface area (Å²) in [6, 6.07) is 0. The predicted octanol–water partition coefficient (Wildman–Crippen LogP) is -2.03. The van der Waals surface area contributed by atoms with E-state index in [4.69, 9.17) is 22.6 Å². The topological polar surface area (TPSA) is 170 Å². The van der Waals surface area contributed by atoms with Gasteiger partial charge in [0.1, 0.15) is 30.0 Å². The lowest BCUT2D eigenvalue weighted by atomic mass is 10.2. The molecule has 128 valence electrons. The maximum atomic E-state index is 11.6. The largest absolute Gasteiger partial charge is 0.394 e. The molecular formula is C14H17N5O5. The fraction of sp³-hybridized carbons (Fsp3) is 0.357. The molecule has 0 radical (unpaired) electrons. The second-order valence-electron chi connectivity index (χ2n) is 4.88. The van der Waals surface area contributed by atoms with Gasteiger partial charge in [-0.2, -0.15) is 0 Å². The first-order valence-corrected chi connectivity index (χ1v) is 6.86. The van der Waals surface area contributed by atoms with Crippen molar-refractivity contribution in [1.82, 2.24) is 14.5 Å². The standard InChI is InChI=1S/C14H17N5O5/c1-2-8(22)9(4-20)24-10(5-21)19-3-7(13(16)23)11-12(15)17-6-18-14(11)19/h1,3,6,8-10,20-22H,4-5H2,(H2,16,23)(H2,15,17,18)/t8-,9+,10+/m0/s1. The van der Waals surface area contributed by atoms with Gasteiger partial charge in [-0.3, -0.25) is 4.79 Å². The number of fused-ring (bicyclic) bond motifs is 1.